The molecule has 1 aliphatic heterocycles. The van der Waals surface area contributed by atoms with Crippen molar-refractivity contribution in [3.63, 3.8) is 0 Å². The van der Waals surface area contributed by atoms with Gasteiger partial charge < -0.3 is 9.80 Å². The van der Waals surface area contributed by atoms with E-state index in [1.165, 1.54) is 0 Å². The molecular weight excluding hydrogens is 399 g/mol. The molecule has 0 N–H and O–H groups in total. The summed E-state index contributed by atoms with van der Waals surface area (Å²) in [5, 5.41) is 3.51. The predicted molar refractivity (Wildman–Crippen MR) is 107 cm³/mol. The largest absolute Gasteiger partial charge is 0.451 e. The van der Waals surface area contributed by atoms with Crippen LogP contribution in [-0.4, -0.2) is 51.3 Å². The number of benzene rings is 1. The monoisotopic (exact) mass is 425 g/mol. The van der Waals surface area contributed by atoms with Crippen molar-refractivity contribution in [3.8, 4) is 0 Å². The van der Waals surface area contributed by atoms with E-state index in [9.17, 15) is 22.8 Å². The van der Waals surface area contributed by atoms with Crippen LogP contribution in [0.2, 0.25) is 0 Å². The van der Waals surface area contributed by atoms with Crippen molar-refractivity contribution in [3.05, 3.63) is 46.1 Å². The van der Waals surface area contributed by atoms with E-state index in [1.54, 1.807) is 17.0 Å². The number of piperidine rings is 1. The normalized spacial score (nSPS) is 15.5. The number of hydrogen-bond acceptors (Lipinski definition) is 4. The highest BCUT2D eigenvalue weighted by Crippen LogP contribution is 2.28. The van der Waals surface area contributed by atoms with Gasteiger partial charge >= 0.3 is 11.9 Å². The average Bonchev–Trinajstić information content (AvgIpc) is 3.04. The van der Waals surface area contributed by atoms with Crippen LogP contribution < -0.4 is 10.6 Å². The first-order valence-electron chi connectivity index (χ1n) is 10.0. The highest BCUT2D eigenvalue weighted by molar-refractivity contribution is 5.94. The van der Waals surface area contributed by atoms with Gasteiger partial charge in [-0.3, -0.25) is 9.36 Å². The second-order valence-electron chi connectivity index (χ2n) is 7.35. The number of rotatable bonds is 5. The van der Waals surface area contributed by atoms with Crippen molar-refractivity contribution >= 4 is 11.6 Å². The molecular formula is C20H26F3N5O2. The number of halogens is 3. The minimum absolute atomic E-state index is 0.121. The summed E-state index contributed by atoms with van der Waals surface area (Å²) in [7, 11) is 1.06. The van der Waals surface area contributed by atoms with Gasteiger partial charge in [-0.15, -0.1) is 5.10 Å². The summed E-state index contributed by atoms with van der Waals surface area (Å²) in [6, 6.07) is 6.95. The molecule has 2 heterocycles. The van der Waals surface area contributed by atoms with Crippen LogP contribution in [0.3, 0.4) is 0 Å². The molecule has 2 aromatic rings. The standard InChI is InChI=1S/C20H26F3N5O2/c1-4-26(5-2)15-8-6-14(7-9-15)17(29)27-12-10-16(11-13-27)28-19(30)25(3)18(24-28)20(21,22)23/h6-9,16H,4-5,10-13H2,1-3H3. The molecule has 0 unspecified atom stereocenters. The lowest BCUT2D eigenvalue weighted by molar-refractivity contribution is -0.147. The van der Waals surface area contributed by atoms with Crippen LogP contribution in [-0.2, 0) is 13.2 Å². The Morgan fingerprint density at radius 2 is 1.70 bits per heavy atom. The van der Waals surface area contributed by atoms with Crippen LogP contribution in [0, 0.1) is 0 Å². The molecule has 3 rings (SSSR count). The Labute approximate surface area is 172 Å². The molecule has 0 saturated carbocycles. The molecule has 30 heavy (non-hydrogen) atoms. The van der Waals surface area contributed by atoms with Crippen LogP contribution in [0.5, 0.6) is 0 Å². The number of likely N-dealkylation sites (tertiary alicyclic amines) is 1. The van der Waals surface area contributed by atoms with Crippen molar-refractivity contribution in [2.45, 2.75) is 38.9 Å². The predicted octanol–water partition coefficient (Wildman–Crippen LogP) is 2.92. The second-order valence-corrected chi connectivity index (χ2v) is 7.35. The highest BCUT2D eigenvalue weighted by atomic mass is 19.4. The summed E-state index contributed by atoms with van der Waals surface area (Å²) in [6.45, 7) is 6.59. The van der Waals surface area contributed by atoms with Gasteiger partial charge in [-0.05, 0) is 51.0 Å². The fourth-order valence-corrected chi connectivity index (χ4v) is 3.84. The Morgan fingerprint density at radius 1 is 1.13 bits per heavy atom. The van der Waals surface area contributed by atoms with E-state index in [4.69, 9.17) is 0 Å². The summed E-state index contributed by atoms with van der Waals surface area (Å²) in [5.41, 5.74) is 0.822. The zero-order valence-electron chi connectivity index (χ0n) is 17.3. The number of hydrogen-bond donors (Lipinski definition) is 0. The van der Waals surface area contributed by atoms with Crippen LogP contribution in [0.1, 0.15) is 48.9 Å². The quantitative estimate of drug-likeness (QED) is 0.739. The van der Waals surface area contributed by atoms with Gasteiger partial charge in [0.25, 0.3) is 5.91 Å². The lowest BCUT2D eigenvalue weighted by Crippen LogP contribution is -2.41. The number of anilines is 1. The van der Waals surface area contributed by atoms with E-state index in [0.717, 1.165) is 30.5 Å². The zero-order valence-corrected chi connectivity index (χ0v) is 17.3. The first-order valence-corrected chi connectivity index (χ1v) is 10.0. The lowest BCUT2D eigenvalue weighted by atomic mass is 10.0. The van der Waals surface area contributed by atoms with E-state index in [1.807, 2.05) is 12.1 Å². The van der Waals surface area contributed by atoms with Gasteiger partial charge in [-0.1, -0.05) is 0 Å². The van der Waals surface area contributed by atoms with E-state index < -0.39 is 23.7 Å². The fourth-order valence-electron chi connectivity index (χ4n) is 3.84. The maximum Gasteiger partial charge on any atom is 0.451 e. The van der Waals surface area contributed by atoms with Crippen LogP contribution in [0.4, 0.5) is 18.9 Å². The molecule has 1 saturated heterocycles. The van der Waals surface area contributed by atoms with Gasteiger partial charge in [0.2, 0.25) is 5.82 Å². The van der Waals surface area contributed by atoms with Crippen molar-refractivity contribution in [1.82, 2.24) is 19.2 Å². The zero-order chi connectivity index (χ0) is 22.1. The third kappa shape index (κ3) is 4.22. The molecule has 0 radical (unpaired) electrons. The maximum absolute atomic E-state index is 13.0. The first kappa shape index (κ1) is 21.9. The first-order chi connectivity index (χ1) is 14.2. The van der Waals surface area contributed by atoms with Gasteiger partial charge in [-0.25, -0.2) is 9.48 Å². The van der Waals surface area contributed by atoms with Crippen molar-refractivity contribution in [1.29, 1.82) is 0 Å². The van der Waals surface area contributed by atoms with E-state index in [0.29, 0.717) is 36.1 Å². The number of amides is 1. The number of alkyl halides is 3. The molecule has 164 valence electrons. The molecule has 7 nitrogen and oxygen atoms in total. The molecule has 1 aliphatic rings. The smallest absolute Gasteiger partial charge is 0.372 e. The van der Waals surface area contributed by atoms with Gasteiger partial charge in [0.05, 0.1) is 6.04 Å². The Kier molecular flexibility index (Phi) is 6.23. The molecule has 1 aromatic carbocycles. The topological polar surface area (TPSA) is 63.4 Å². The van der Waals surface area contributed by atoms with Crippen molar-refractivity contribution < 1.29 is 18.0 Å². The SMILES string of the molecule is CCN(CC)c1ccc(C(=O)N2CCC(n3nc(C(F)(F)F)n(C)c3=O)CC2)cc1. The summed E-state index contributed by atoms with van der Waals surface area (Å²) < 4.78 is 40.4. The van der Waals surface area contributed by atoms with Gasteiger partial charge in [0.1, 0.15) is 0 Å². The number of carbonyl (C=O) groups excluding carboxylic acids is 1. The summed E-state index contributed by atoms with van der Waals surface area (Å²) in [4.78, 5) is 28.8. The van der Waals surface area contributed by atoms with Gasteiger partial charge in [0, 0.05) is 44.5 Å². The van der Waals surface area contributed by atoms with Crippen molar-refractivity contribution in [2.75, 3.05) is 31.1 Å². The molecule has 0 spiro atoms. The summed E-state index contributed by atoms with van der Waals surface area (Å²) >= 11 is 0. The molecule has 1 fully saturated rings. The third-order valence-electron chi connectivity index (χ3n) is 5.60. The molecule has 10 heteroatoms. The molecule has 0 aliphatic carbocycles. The van der Waals surface area contributed by atoms with Crippen molar-refractivity contribution in [2.24, 2.45) is 7.05 Å². The minimum atomic E-state index is -4.69. The van der Waals surface area contributed by atoms with Gasteiger partial charge in [0.15, 0.2) is 0 Å². The molecule has 1 aromatic heterocycles. The van der Waals surface area contributed by atoms with Crippen LogP contribution >= 0.6 is 0 Å². The maximum atomic E-state index is 13.0. The Morgan fingerprint density at radius 3 is 2.17 bits per heavy atom. The second kappa shape index (κ2) is 8.53. The number of carbonyl (C=O) groups is 1. The molecule has 0 atom stereocenters. The summed E-state index contributed by atoms with van der Waals surface area (Å²) in [6.07, 6.45) is -3.94. The highest BCUT2D eigenvalue weighted by Gasteiger charge is 2.39. The minimum Gasteiger partial charge on any atom is -0.372 e. The van der Waals surface area contributed by atoms with Gasteiger partial charge in [-0.2, -0.15) is 13.2 Å². The average molecular weight is 425 g/mol. The molecule has 1 amide bonds. The lowest BCUT2D eigenvalue weighted by Gasteiger charge is -2.31. The third-order valence-corrected chi connectivity index (χ3v) is 5.60. The summed E-state index contributed by atoms with van der Waals surface area (Å²) in [5.74, 6) is -1.33. The van der Waals surface area contributed by atoms with E-state index in [2.05, 4.69) is 23.8 Å². The number of aromatic nitrogens is 3. The van der Waals surface area contributed by atoms with E-state index >= 15 is 0 Å². The Hall–Kier alpha value is -2.78. The van der Waals surface area contributed by atoms with Crippen LogP contribution in [0.25, 0.3) is 0 Å². The Bertz CT molecular complexity index is 937. The van der Waals surface area contributed by atoms with E-state index in [-0.39, 0.29) is 5.91 Å². The van der Waals surface area contributed by atoms with Crippen LogP contribution in [0.15, 0.2) is 29.1 Å². The number of nitrogens with zero attached hydrogens (tertiary/aromatic N) is 5. The Balaban J connectivity index is 1.67. The molecule has 0 bridgehead atoms. The fraction of sp³-hybridized carbons (Fsp3) is 0.550.